The third-order valence-electron chi connectivity index (χ3n) is 4.51. The lowest BCUT2D eigenvalue weighted by Crippen LogP contribution is -2.20. The lowest BCUT2D eigenvalue weighted by Gasteiger charge is -2.10. The molecular weight excluding hydrogens is 510 g/mol. The van der Waals surface area contributed by atoms with Crippen LogP contribution in [0.1, 0.15) is 17.0 Å². The van der Waals surface area contributed by atoms with E-state index in [0.29, 0.717) is 29.1 Å². The quantitative estimate of drug-likeness (QED) is 0.314. The largest absolute Gasteiger partial charge is 0.488 e. The van der Waals surface area contributed by atoms with E-state index in [1.54, 1.807) is 19.2 Å². The van der Waals surface area contributed by atoms with Crippen molar-refractivity contribution in [3.05, 3.63) is 103 Å². The number of halogens is 2. The molecule has 0 saturated carbocycles. The highest BCUT2D eigenvalue weighted by Gasteiger charge is 2.08. The second-order valence-corrected chi connectivity index (χ2v) is 8.47. The summed E-state index contributed by atoms with van der Waals surface area (Å²) < 4.78 is 9.13. The average Bonchev–Trinajstić information content (AvgIpc) is 2.74. The Kier molecular flexibility index (Phi) is 6.11. The predicted octanol–water partition coefficient (Wildman–Crippen LogP) is 5.69. The number of hydrogen-bond acceptors (Lipinski definition) is 4. The highest BCUT2D eigenvalue weighted by atomic mass is 79.9. The van der Waals surface area contributed by atoms with Crippen LogP contribution >= 0.6 is 31.9 Å². The molecule has 5 nitrogen and oxygen atoms in total. The van der Waals surface area contributed by atoms with Crippen molar-refractivity contribution >= 4 is 49.0 Å². The molecule has 0 N–H and O–H groups in total. The van der Waals surface area contributed by atoms with Crippen LogP contribution < -0.4 is 10.3 Å². The van der Waals surface area contributed by atoms with E-state index >= 15 is 0 Å². The first-order valence-electron chi connectivity index (χ1n) is 9.21. The lowest BCUT2D eigenvalue weighted by molar-refractivity contribution is 0.306. The molecule has 30 heavy (non-hydrogen) atoms. The number of fused-ring (bicyclic) bond motifs is 1. The van der Waals surface area contributed by atoms with Crippen LogP contribution in [0.4, 0.5) is 0 Å². The molecule has 1 aromatic heterocycles. The van der Waals surface area contributed by atoms with Gasteiger partial charge in [0.05, 0.1) is 17.1 Å². The Bertz CT molecular complexity index is 1300. The molecule has 150 valence electrons. The van der Waals surface area contributed by atoms with Gasteiger partial charge in [0, 0.05) is 14.5 Å². The summed E-state index contributed by atoms with van der Waals surface area (Å²) in [5.41, 5.74) is 2.25. The summed E-state index contributed by atoms with van der Waals surface area (Å²) in [4.78, 5) is 17.4. The van der Waals surface area contributed by atoms with Gasteiger partial charge in [-0.2, -0.15) is 9.78 Å². The van der Waals surface area contributed by atoms with Crippen molar-refractivity contribution in [1.29, 1.82) is 0 Å². The van der Waals surface area contributed by atoms with Crippen molar-refractivity contribution in [3.8, 4) is 5.75 Å². The summed E-state index contributed by atoms with van der Waals surface area (Å²) in [5.74, 6) is 1.20. The van der Waals surface area contributed by atoms with E-state index in [1.165, 1.54) is 4.68 Å². The van der Waals surface area contributed by atoms with Gasteiger partial charge in [0.2, 0.25) is 0 Å². The van der Waals surface area contributed by atoms with Crippen molar-refractivity contribution < 1.29 is 4.74 Å². The summed E-state index contributed by atoms with van der Waals surface area (Å²) in [5, 5.41) is 4.90. The maximum absolute atomic E-state index is 12.9. The van der Waals surface area contributed by atoms with E-state index in [0.717, 1.165) is 20.1 Å². The van der Waals surface area contributed by atoms with Gasteiger partial charge in [-0.05, 0) is 55.0 Å². The summed E-state index contributed by atoms with van der Waals surface area (Å²) >= 11 is 6.83. The fourth-order valence-corrected chi connectivity index (χ4v) is 3.60. The van der Waals surface area contributed by atoms with E-state index in [9.17, 15) is 4.79 Å². The van der Waals surface area contributed by atoms with Crippen molar-refractivity contribution in [3.63, 3.8) is 0 Å². The Hall–Kier alpha value is -2.77. The first kappa shape index (κ1) is 20.5. The van der Waals surface area contributed by atoms with E-state index < -0.39 is 0 Å². The number of para-hydroxylation sites is 1. The fraction of sp³-hybridized carbons (Fsp3) is 0.0870. The zero-order valence-corrected chi connectivity index (χ0v) is 19.2. The van der Waals surface area contributed by atoms with Gasteiger partial charge in [0.1, 0.15) is 18.2 Å². The van der Waals surface area contributed by atoms with Gasteiger partial charge in [-0.25, -0.2) is 4.98 Å². The molecule has 3 aromatic carbocycles. The molecule has 0 aliphatic heterocycles. The predicted molar refractivity (Wildman–Crippen MR) is 126 cm³/mol. The second kappa shape index (κ2) is 8.93. The zero-order chi connectivity index (χ0) is 21.1. The third kappa shape index (κ3) is 4.52. The Labute approximate surface area is 190 Å². The molecule has 0 fully saturated rings. The molecule has 1 heterocycles. The molecule has 0 radical (unpaired) electrons. The molecule has 4 aromatic rings. The average molecular weight is 527 g/mol. The maximum Gasteiger partial charge on any atom is 0.282 e. The standard InChI is InChI=1S/C23H17Br2N3O2/c1-15-27-21-11-10-19(25)12-20(21)23(29)28(15)26-13-17-4-2-3-5-22(17)30-14-16-6-8-18(24)9-7-16/h2-13H,14H2,1H3. The first-order valence-corrected chi connectivity index (χ1v) is 10.8. The van der Waals surface area contributed by atoms with Crippen LogP contribution in [-0.4, -0.2) is 15.9 Å². The minimum Gasteiger partial charge on any atom is -0.488 e. The molecule has 7 heteroatoms. The van der Waals surface area contributed by atoms with Gasteiger partial charge in [-0.15, -0.1) is 0 Å². The molecule has 0 spiro atoms. The zero-order valence-electron chi connectivity index (χ0n) is 16.0. The molecular formula is C23H17Br2N3O2. The smallest absolute Gasteiger partial charge is 0.282 e. The number of hydrogen-bond donors (Lipinski definition) is 0. The number of nitrogens with zero attached hydrogens (tertiary/aromatic N) is 3. The van der Waals surface area contributed by atoms with Crippen molar-refractivity contribution in [1.82, 2.24) is 9.66 Å². The van der Waals surface area contributed by atoms with Crippen molar-refractivity contribution in [2.45, 2.75) is 13.5 Å². The molecule has 4 rings (SSSR count). The topological polar surface area (TPSA) is 56.5 Å². The van der Waals surface area contributed by atoms with Crippen LogP contribution in [0.15, 0.2) is 85.6 Å². The van der Waals surface area contributed by atoms with E-state index in [2.05, 4.69) is 41.9 Å². The number of ether oxygens (including phenoxy) is 1. The third-order valence-corrected chi connectivity index (χ3v) is 5.53. The number of aryl methyl sites for hydroxylation is 1. The van der Waals surface area contributed by atoms with Gasteiger partial charge in [-0.3, -0.25) is 4.79 Å². The summed E-state index contributed by atoms with van der Waals surface area (Å²) in [6.45, 7) is 2.19. The van der Waals surface area contributed by atoms with E-state index in [1.807, 2.05) is 60.7 Å². The molecule has 0 aliphatic rings. The fourth-order valence-electron chi connectivity index (χ4n) is 2.98. The molecule has 0 bridgehead atoms. The van der Waals surface area contributed by atoms with Gasteiger partial charge >= 0.3 is 0 Å². The van der Waals surface area contributed by atoms with Gasteiger partial charge < -0.3 is 4.74 Å². The van der Waals surface area contributed by atoms with Gasteiger partial charge in [-0.1, -0.05) is 56.1 Å². The number of benzene rings is 3. The van der Waals surface area contributed by atoms with E-state index in [-0.39, 0.29) is 5.56 Å². The summed E-state index contributed by atoms with van der Waals surface area (Å²) in [7, 11) is 0. The molecule has 0 unspecified atom stereocenters. The lowest BCUT2D eigenvalue weighted by atomic mass is 10.2. The van der Waals surface area contributed by atoms with Crippen LogP contribution in [-0.2, 0) is 6.61 Å². The molecule has 0 amide bonds. The van der Waals surface area contributed by atoms with Crippen LogP contribution in [0.3, 0.4) is 0 Å². The minimum atomic E-state index is -0.219. The summed E-state index contributed by atoms with van der Waals surface area (Å²) in [6, 6.07) is 21.0. The molecule has 0 aliphatic carbocycles. The maximum atomic E-state index is 12.9. The van der Waals surface area contributed by atoms with E-state index in [4.69, 9.17) is 4.74 Å². The summed E-state index contributed by atoms with van der Waals surface area (Å²) in [6.07, 6.45) is 1.62. The van der Waals surface area contributed by atoms with Crippen LogP contribution in [0.25, 0.3) is 10.9 Å². The Morgan fingerprint density at radius 2 is 1.77 bits per heavy atom. The Morgan fingerprint density at radius 1 is 1.03 bits per heavy atom. The normalized spacial score (nSPS) is 11.3. The van der Waals surface area contributed by atoms with Gasteiger partial charge in [0.25, 0.3) is 5.56 Å². The first-order chi connectivity index (χ1) is 14.5. The van der Waals surface area contributed by atoms with Gasteiger partial charge in [0.15, 0.2) is 0 Å². The highest BCUT2D eigenvalue weighted by Crippen LogP contribution is 2.19. The second-order valence-electron chi connectivity index (χ2n) is 6.63. The SMILES string of the molecule is Cc1nc2ccc(Br)cc2c(=O)n1N=Cc1ccccc1OCc1ccc(Br)cc1. The molecule has 0 saturated heterocycles. The molecule has 0 atom stereocenters. The van der Waals surface area contributed by atoms with Crippen LogP contribution in [0, 0.1) is 6.92 Å². The minimum absolute atomic E-state index is 0.219. The number of aromatic nitrogens is 2. The monoisotopic (exact) mass is 525 g/mol. The Balaban J connectivity index is 1.63. The van der Waals surface area contributed by atoms with Crippen LogP contribution in [0.5, 0.6) is 5.75 Å². The van der Waals surface area contributed by atoms with Crippen LogP contribution in [0.2, 0.25) is 0 Å². The van der Waals surface area contributed by atoms with Crippen molar-refractivity contribution in [2.24, 2.45) is 5.10 Å². The Morgan fingerprint density at radius 3 is 2.57 bits per heavy atom. The highest BCUT2D eigenvalue weighted by molar-refractivity contribution is 9.10. The number of rotatable bonds is 5. The van der Waals surface area contributed by atoms with Crippen molar-refractivity contribution in [2.75, 3.05) is 0 Å².